The average molecular weight is 376 g/mol. The molecule has 0 aliphatic heterocycles. The van der Waals surface area contributed by atoms with E-state index in [1.54, 1.807) is 17.5 Å². The van der Waals surface area contributed by atoms with Crippen LogP contribution >= 0.6 is 11.3 Å². The van der Waals surface area contributed by atoms with Crippen LogP contribution in [0.3, 0.4) is 0 Å². The summed E-state index contributed by atoms with van der Waals surface area (Å²) in [5, 5.41) is 3.00. The molecule has 0 unspecified atom stereocenters. The third kappa shape index (κ3) is 4.80. The van der Waals surface area contributed by atoms with E-state index in [1.807, 2.05) is 54.6 Å². The van der Waals surface area contributed by atoms with E-state index in [1.165, 1.54) is 5.56 Å². The van der Waals surface area contributed by atoms with Crippen molar-refractivity contribution in [2.24, 2.45) is 0 Å². The van der Waals surface area contributed by atoms with Crippen molar-refractivity contribution < 1.29 is 4.74 Å². The molecule has 6 heteroatoms. The van der Waals surface area contributed by atoms with Crippen LogP contribution in [-0.2, 0) is 19.6 Å². The normalized spacial score (nSPS) is 10.8. The fraction of sp³-hybridized carbons (Fsp3) is 0.190. The number of hydrogen-bond acceptors (Lipinski definition) is 5. The first-order valence-electron chi connectivity index (χ1n) is 8.89. The molecular weight excluding hydrogens is 356 g/mol. The Morgan fingerprint density at radius 3 is 2.74 bits per heavy atom. The van der Waals surface area contributed by atoms with Gasteiger partial charge in [-0.2, -0.15) is 0 Å². The standard InChI is InChI=1S/C21H20N4OS/c1-4-18(13-22-9-1)21-24-19(15-27-21)14-26-20-7-5-17(6-8-20)3-2-11-25-12-10-23-16-25/h1,4-10,12-13,15-16H,2-3,11,14H2. The van der Waals surface area contributed by atoms with Crippen LogP contribution in [0.4, 0.5) is 0 Å². The first kappa shape index (κ1) is 17.4. The van der Waals surface area contributed by atoms with Crippen molar-refractivity contribution in [1.29, 1.82) is 0 Å². The zero-order chi connectivity index (χ0) is 18.3. The van der Waals surface area contributed by atoms with E-state index in [9.17, 15) is 0 Å². The van der Waals surface area contributed by atoms with Crippen molar-refractivity contribution in [3.63, 3.8) is 0 Å². The molecule has 0 fully saturated rings. The zero-order valence-corrected chi connectivity index (χ0v) is 15.7. The lowest BCUT2D eigenvalue weighted by Gasteiger charge is -2.06. The van der Waals surface area contributed by atoms with Crippen LogP contribution in [0.15, 0.2) is 72.9 Å². The second-order valence-electron chi connectivity index (χ2n) is 6.22. The van der Waals surface area contributed by atoms with Gasteiger partial charge >= 0.3 is 0 Å². The summed E-state index contributed by atoms with van der Waals surface area (Å²) in [4.78, 5) is 12.8. The summed E-state index contributed by atoms with van der Waals surface area (Å²) in [5.74, 6) is 0.865. The smallest absolute Gasteiger partial charge is 0.131 e. The highest BCUT2D eigenvalue weighted by Gasteiger charge is 2.05. The summed E-state index contributed by atoms with van der Waals surface area (Å²) in [7, 11) is 0. The van der Waals surface area contributed by atoms with Crippen molar-refractivity contribution >= 4 is 11.3 Å². The third-order valence-electron chi connectivity index (χ3n) is 4.21. The molecule has 0 aliphatic carbocycles. The van der Waals surface area contributed by atoms with Crippen molar-refractivity contribution in [1.82, 2.24) is 19.5 Å². The van der Waals surface area contributed by atoms with Crippen molar-refractivity contribution in [3.05, 3.63) is 84.2 Å². The molecule has 27 heavy (non-hydrogen) atoms. The minimum atomic E-state index is 0.469. The lowest BCUT2D eigenvalue weighted by atomic mass is 10.1. The van der Waals surface area contributed by atoms with Gasteiger partial charge in [-0.05, 0) is 42.7 Å². The molecule has 0 bridgehead atoms. The van der Waals surface area contributed by atoms with Crippen molar-refractivity contribution in [3.8, 4) is 16.3 Å². The van der Waals surface area contributed by atoms with Gasteiger partial charge in [0.05, 0.1) is 12.0 Å². The number of nitrogens with zero attached hydrogens (tertiary/aromatic N) is 4. The first-order valence-corrected chi connectivity index (χ1v) is 9.77. The van der Waals surface area contributed by atoms with Crippen LogP contribution in [-0.4, -0.2) is 19.5 Å². The molecule has 136 valence electrons. The maximum absolute atomic E-state index is 5.88. The van der Waals surface area contributed by atoms with Crippen LogP contribution in [0.25, 0.3) is 10.6 Å². The Labute approximate surface area is 162 Å². The quantitative estimate of drug-likeness (QED) is 0.450. The maximum Gasteiger partial charge on any atom is 0.131 e. The Morgan fingerprint density at radius 1 is 1.04 bits per heavy atom. The molecule has 0 spiro atoms. The van der Waals surface area contributed by atoms with Gasteiger partial charge in [-0.25, -0.2) is 9.97 Å². The Hall–Kier alpha value is -2.99. The molecule has 1 aromatic carbocycles. The number of benzene rings is 1. The van der Waals surface area contributed by atoms with Gasteiger partial charge in [-0.3, -0.25) is 4.98 Å². The van der Waals surface area contributed by atoms with Crippen molar-refractivity contribution in [2.45, 2.75) is 26.0 Å². The van der Waals surface area contributed by atoms with Gasteiger partial charge in [0.2, 0.25) is 0 Å². The minimum Gasteiger partial charge on any atom is -0.487 e. The van der Waals surface area contributed by atoms with Crippen LogP contribution < -0.4 is 4.74 Å². The van der Waals surface area contributed by atoms with Gasteiger partial charge in [0.1, 0.15) is 17.4 Å². The SMILES string of the molecule is c1cncc(-c2nc(COc3ccc(CCCn4ccnc4)cc3)cs2)c1. The summed E-state index contributed by atoms with van der Waals surface area (Å²) in [6.07, 6.45) is 11.4. The van der Waals surface area contributed by atoms with Crippen LogP contribution in [0.1, 0.15) is 17.7 Å². The fourth-order valence-corrected chi connectivity index (χ4v) is 3.58. The number of aromatic nitrogens is 4. The number of imidazole rings is 1. The average Bonchev–Trinajstić information content (AvgIpc) is 3.40. The van der Waals surface area contributed by atoms with E-state index in [0.717, 1.165) is 41.4 Å². The van der Waals surface area contributed by atoms with Gasteiger partial charge in [0.25, 0.3) is 0 Å². The Balaban J connectivity index is 1.27. The molecule has 5 nitrogen and oxygen atoms in total. The second kappa shape index (κ2) is 8.60. The summed E-state index contributed by atoms with van der Waals surface area (Å²) in [6, 6.07) is 12.3. The molecule has 3 aromatic heterocycles. The number of pyridine rings is 1. The first-order chi connectivity index (χ1) is 13.4. The van der Waals surface area contributed by atoms with Gasteiger partial charge in [0.15, 0.2) is 0 Å². The molecule has 0 atom stereocenters. The molecule has 0 saturated carbocycles. The highest BCUT2D eigenvalue weighted by atomic mass is 32.1. The summed E-state index contributed by atoms with van der Waals surface area (Å²) in [6.45, 7) is 1.46. The largest absolute Gasteiger partial charge is 0.487 e. The summed E-state index contributed by atoms with van der Waals surface area (Å²) < 4.78 is 7.98. The van der Waals surface area contributed by atoms with Gasteiger partial charge < -0.3 is 9.30 Å². The highest BCUT2D eigenvalue weighted by molar-refractivity contribution is 7.13. The molecule has 0 amide bonds. The number of hydrogen-bond donors (Lipinski definition) is 0. The van der Waals surface area contributed by atoms with E-state index >= 15 is 0 Å². The molecule has 4 aromatic rings. The highest BCUT2D eigenvalue weighted by Crippen LogP contribution is 2.23. The maximum atomic E-state index is 5.88. The van der Waals surface area contributed by atoms with E-state index < -0.39 is 0 Å². The van der Waals surface area contributed by atoms with E-state index in [0.29, 0.717) is 6.61 Å². The number of ether oxygens (including phenoxy) is 1. The fourth-order valence-electron chi connectivity index (χ4n) is 2.79. The second-order valence-corrected chi connectivity index (χ2v) is 7.08. The zero-order valence-electron chi connectivity index (χ0n) is 14.9. The van der Waals surface area contributed by atoms with Crippen LogP contribution in [0, 0.1) is 0 Å². The minimum absolute atomic E-state index is 0.469. The number of thiazole rings is 1. The monoisotopic (exact) mass is 376 g/mol. The lowest BCUT2D eigenvalue weighted by Crippen LogP contribution is -1.98. The summed E-state index contributed by atoms with van der Waals surface area (Å²) in [5.41, 5.74) is 3.28. The predicted octanol–water partition coefficient (Wildman–Crippen LogP) is 4.61. The molecule has 0 radical (unpaired) electrons. The predicted molar refractivity (Wildman–Crippen MR) is 107 cm³/mol. The topological polar surface area (TPSA) is 52.8 Å². The van der Waals surface area contributed by atoms with E-state index in [2.05, 4.69) is 31.7 Å². The van der Waals surface area contributed by atoms with Crippen LogP contribution in [0.5, 0.6) is 5.75 Å². The van der Waals surface area contributed by atoms with E-state index in [-0.39, 0.29) is 0 Å². The van der Waals surface area contributed by atoms with Crippen molar-refractivity contribution in [2.75, 3.05) is 0 Å². The van der Waals surface area contributed by atoms with Gasteiger partial charge in [0, 0.05) is 42.3 Å². The molecule has 3 heterocycles. The molecule has 0 saturated heterocycles. The lowest BCUT2D eigenvalue weighted by molar-refractivity contribution is 0.302. The Morgan fingerprint density at radius 2 is 1.96 bits per heavy atom. The van der Waals surface area contributed by atoms with E-state index in [4.69, 9.17) is 4.74 Å². The van der Waals surface area contributed by atoms with Gasteiger partial charge in [-0.15, -0.1) is 11.3 Å². The molecule has 0 aliphatic rings. The van der Waals surface area contributed by atoms with Crippen LogP contribution in [0.2, 0.25) is 0 Å². The molecule has 0 N–H and O–H groups in total. The third-order valence-corrected chi connectivity index (χ3v) is 5.15. The molecular formula is C21H20N4OS. The van der Waals surface area contributed by atoms with Gasteiger partial charge in [-0.1, -0.05) is 12.1 Å². The number of aryl methyl sites for hydroxylation is 2. The summed E-state index contributed by atoms with van der Waals surface area (Å²) >= 11 is 1.61. The Kier molecular flexibility index (Phi) is 5.55. The number of rotatable bonds is 8. The molecule has 4 rings (SSSR count). The Bertz CT molecular complexity index is 950.